The molecule has 0 aliphatic carbocycles. The predicted octanol–water partition coefficient (Wildman–Crippen LogP) is 3.47. The van der Waals surface area contributed by atoms with Gasteiger partial charge in [-0.1, -0.05) is 30.3 Å². The van der Waals surface area contributed by atoms with Crippen molar-refractivity contribution in [2.24, 2.45) is 5.92 Å². The number of likely N-dealkylation sites (tertiary alicyclic amines) is 1. The minimum Gasteiger partial charge on any atom is -0.490 e. The molecule has 2 amide bonds. The lowest BCUT2D eigenvalue weighted by molar-refractivity contribution is -0.128. The molecule has 1 aliphatic rings. The summed E-state index contributed by atoms with van der Waals surface area (Å²) in [4.78, 5) is 26.7. The summed E-state index contributed by atoms with van der Waals surface area (Å²) in [6.45, 7) is 5.79. The molecule has 1 unspecified atom stereocenters. The number of benzene rings is 2. The average molecular weight is 382 g/mol. The van der Waals surface area contributed by atoms with Crippen LogP contribution in [0.1, 0.15) is 25.8 Å². The van der Waals surface area contributed by atoms with Crippen molar-refractivity contribution in [3.63, 3.8) is 0 Å². The number of amides is 2. The number of ether oxygens (including phenoxy) is 2. The van der Waals surface area contributed by atoms with Crippen LogP contribution in [0.25, 0.3) is 0 Å². The summed E-state index contributed by atoms with van der Waals surface area (Å²) in [5.74, 6) is 0.724. The van der Waals surface area contributed by atoms with Gasteiger partial charge in [0, 0.05) is 31.3 Å². The van der Waals surface area contributed by atoms with Crippen molar-refractivity contribution in [3.8, 4) is 11.5 Å². The minimum absolute atomic E-state index is 0.00528. The van der Waals surface area contributed by atoms with Gasteiger partial charge in [-0.25, -0.2) is 0 Å². The Kier molecular flexibility index (Phi) is 6.53. The molecule has 1 N–H and O–H groups in total. The van der Waals surface area contributed by atoms with E-state index in [1.807, 2.05) is 44.2 Å². The second-order valence-electron chi connectivity index (χ2n) is 6.68. The zero-order valence-electron chi connectivity index (χ0n) is 16.3. The Morgan fingerprint density at radius 2 is 1.79 bits per heavy atom. The molecule has 0 bridgehead atoms. The van der Waals surface area contributed by atoms with Crippen LogP contribution in [0.5, 0.6) is 11.5 Å². The van der Waals surface area contributed by atoms with Crippen LogP contribution < -0.4 is 14.8 Å². The van der Waals surface area contributed by atoms with Crippen molar-refractivity contribution in [3.05, 3.63) is 54.1 Å². The zero-order valence-corrected chi connectivity index (χ0v) is 16.3. The normalized spacial score (nSPS) is 16.1. The van der Waals surface area contributed by atoms with Gasteiger partial charge in [0.1, 0.15) is 0 Å². The molecule has 0 saturated carbocycles. The molecule has 0 radical (unpaired) electrons. The highest BCUT2D eigenvalue weighted by Crippen LogP contribution is 2.31. The third kappa shape index (κ3) is 4.82. The topological polar surface area (TPSA) is 67.9 Å². The molecule has 1 atom stereocenters. The number of nitrogens with zero attached hydrogens (tertiary/aromatic N) is 1. The van der Waals surface area contributed by atoms with Gasteiger partial charge in [0.25, 0.3) is 0 Å². The molecule has 0 spiro atoms. The average Bonchev–Trinajstić information content (AvgIpc) is 3.06. The fourth-order valence-electron chi connectivity index (χ4n) is 3.28. The second kappa shape index (κ2) is 9.26. The van der Waals surface area contributed by atoms with Crippen LogP contribution in [-0.4, -0.2) is 36.5 Å². The molecular weight excluding hydrogens is 356 g/mol. The van der Waals surface area contributed by atoms with Crippen LogP contribution in [0.3, 0.4) is 0 Å². The van der Waals surface area contributed by atoms with Crippen LogP contribution >= 0.6 is 0 Å². The van der Waals surface area contributed by atoms with E-state index in [-0.39, 0.29) is 24.2 Å². The molecule has 6 heteroatoms. The maximum Gasteiger partial charge on any atom is 0.229 e. The van der Waals surface area contributed by atoms with Crippen molar-refractivity contribution in [1.29, 1.82) is 0 Å². The SMILES string of the molecule is CCOc1ccc(NC(=O)C2CC(=O)N(Cc3ccccc3)C2)cc1OCC. The summed E-state index contributed by atoms with van der Waals surface area (Å²) >= 11 is 0. The summed E-state index contributed by atoms with van der Waals surface area (Å²) in [6, 6.07) is 15.1. The lowest BCUT2D eigenvalue weighted by Gasteiger charge is -2.17. The third-order valence-electron chi connectivity index (χ3n) is 4.61. The van der Waals surface area contributed by atoms with E-state index in [1.54, 1.807) is 23.1 Å². The standard InChI is InChI=1S/C22H26N2O4/c1-3-27-19-11-10-18(13-20(19)28-4-2)23-22(26)17-12-21(25)24(15-17)14-16-8-6-5-7-9-16/h5-11,13,17H,3-4,12,14-15H2,1-2H3,(H,23,26). The number of nitrogens with one attached hydrogen (secondary N) is 1. The highest BCUT2D eigenvalue weighted by Gasteiger charge is 2.34. The fraction of sp³-hybridized carbons (Fsp3) is 0.364. The highest BCUT2D eigenvalue weighted by atomic mass is 16.5. The predicted molar refractivity (Wildman–Crippen MR) is 107 cm³/mol. The molecule has 1 saturated heterocycles. The fourth-order valence-corrected chi connectivity index (χ4v) is 3.28. The second-order valence-corrected chi connectivity index (χ2v) is 6.68. The van der Waals surface area contributed by atoms with E-state index >= 15 is 0 Å². The van der Waals surface area contributed by atoms with E-state index in [2.05, 4.69) is 5.32 Å². The summed E-state index contributed by atoms with van der Waals surface area (Å²) in [6.07, 6.45) is 0.230. The van der Waals surface area contributed by atoms with Gasteiger partial charge in [-0.2, -0.15) is 0 Å². The van der Waals surface area contributed by atoms with Crippen LogP contribution in [0.4, 0.5) is 5.69 Å². The quantitative estimate of drug-likeness (QED) is 0.759. The lowest BCUT2D eigenvalue weighted by atomic mass is 10.1. The largest absolute Gasteiger partial charge is 0.490 e. The molecule has 1 fully saturated rings. The van der Waals surface area contributed by atoms with Gasteiger partial charge in [-0.3, -0.25) is 9.59 Å². The maximum atomic E-state index is 12.7. The maximum absolute atomic E-state index is 12.7. The van der Waals surface area contributed by atoms with Crippen molar-refractivity contribution in [2.45, 2.75) is 26.8 Å². The molecule has 2 aromatic rings. The zero-order chi connectivity index (χ0) is 19.9. The highest BCUT2D eigenvalue weighted by molar-refractivity contribution is 5.97. The smallest absolute Gasteiger partial charge is 0.229 e. The number of anilines is 1. The van der Waals surface area contributed by atoms with Gasteiger partial charge in [0.15, 0.2) is 11.5 Å². The molecular formula is C22H26N2O4. The van der Waals surface area contributed by atoms with Gasteiger partial charge in [0.05, 0.1) is 19.1 Å². The molecule has 28 heavy (non-hydrogen) atoms. The summed E-state index contributed by atoms with van der Waals surface area (Å²) in [5.41, 5.74) is 1.69. The van der Waals surface area contributed by atoms with E-state index in [9.17, 15) is 9.59 Å². The Morgan fingerprint density at radius 1 is 1.07 bits per heavy atom. The summed E-state index contributed by atoms with van der Waals surface area (Å²) in [7, 11) is 0. The molecule has 148 valence electrons. The molecule has 1 aliphatic heterocycles. The van der Waals surface area contributed by atoms with Crippen molar-refractivity contribution >= 4 is 17.5 Å². The first-order chi connectivity index (χ1) is 13.6. The van der Waals surface area contributed by atoms with Crippen LogP contribution in [0.15, 0.2) is 48.5 Å². The summed E-state index contributed by atoms with van der Waals surface area (Å²) in [5, 5.41) is 2.90. The number of carbonyl (C=O) groups is 2. The summed E-state index contributed by atoms with van der Waals surface area (Å²) < 4.78 is 11.1. The van der Waals surface area contributed by atoms with Crippen molar-refractivity contribution in [2.75, 3.05) is 25.1 Å². The Morgan fingerprint density at radius 3 is 2.50 bits per heavy atom. The Labute approximate surface area is 165 Å². The number of hydrogen-bond donors (Lipinski definition) is 1. The van der Waals surface area contributed by atoms with Gasteiger partial charge >= 0.3 is 0 Å². The Hall–Kier alpha value is -3.02. The van der Waals surface area contributed by atoms with Gasteiger partial charge in [0.2, 0.25) is 11.8 Å². The Bertz CT molecular complexity index is 823. The van der Waals surface area contributed by atoms with E-state index in [1.165, 1.54) is 0 Å². The van der Waals surface area contributed by atoms with E-state index in [4.69, 9.17) is 9.47 Å². The van der Waals surface area contributed by atoms with Gasteiger partial charge in [-0.15, -0.1) is 0 Å². The van der Waals surface area contributed by atoms with Gasteiger partial charge < -0.3 is 19.7 Å². The lowest BCUT2D eigenvalue weighted by Crippen LogP contribution is -2.28. The van der Waals surface area contributed by atoms with Gasteiger partial charge in [-0.05, 0) is 31.5 Å². The monoisotopic (exact) mass is 382 g/mol. The first kappa shape index (κ1) is 19.7. The van der Waals surface area contributed by atoms with Crippen molar-refractivity contribution < 1.29 is 19.1 Å². The number of hydrogen-bond acceptors (Lipinski definition) is 4. The van der Waals surface area contributed by atoms with E-state index in [0.717, 1.165) is 5.56 Å². The van der Waals surface area contributed by atoms with Crippen LogP contribution in [0.2, 0.25) is 0 Å². The van der Waals surface area contributed by atoms with Crippen LogP contribution in [0, 0.1) is 5.92 Å². The van der Waals surface area contributed by atoms with Crippen molar-refractivity contribution in [1.82, 2.24) is 4.90 Å². The molecule has 3 rings (SSSR count). The minimum atomic E-state index is -0.363. The third-order valence-corrected chi connectivity index (χ3v) is 4.61. The molecule has 6 nitrogen and oxygen atoms in total. The van der Waals surface area contributed by atoms with E-state index in [0.29, 0.717) is 43.5 Å². The first-order valence-electron chi connectivity index (χ1n) is 9.63. The van der Waals surface area contributed by atoms with E-state index < -0.39 is 0 Å². The molecule has 0 aromatic heterocycles. The first-order valence-corrected chi connectivity index (χ1v) is 9.63. The Balaban J connectivity index is 1.63. The number of rotatable bonds is 8. The number of carbonyl (C=O) groups excluding carboxylic acids is 2. The molecule has 1 heterocycles. The molecule has 2 aromatic carbocycles. The van der Waals surface area contributed by atoms with Crippen LogP contribution in [-0.2, 0) is 16.1 Å².